The number of nitrogens with zero attached hydrogens (tertiary/aromatic N) is 2. The average molecular weight is 390 g/mol. The van der Waals surface area contributed by atoms with Gasteiger partial charge in [0.05, 0.1) is 19.8 Å². The molecule has 1 aromatic rings. The SMILES string of the molecule is COC(=O)OC1CC(c2ccc(C)c(C)c2)CN(C(=O)N2CCC(O)CC2)C1. The molecule has 154 valence electrons. The molecule has 0 aliphatic carbocycles. The lowest BCUT2D eigenvalue weighted by molar-refractivity contribution is 0.000577. The van der Waals surface area contributed by atoms with Crippen LogP contribution >= 0.6 is 0 Å². The van der Waals surface area contributed by atoms with E-state index in [9.17, 15) is 14.7 Å². The lowest BCUT2D eigenvalue weighted by Gasteiger charge is -2.41. The molecule has 0 aromatic heterocycles. The maximum Gasteiger partial charge on any atom is 0.508 e. The number of hydrogen-bond donors (Lipinski definition) is 1. The maximum atomic E-state index is 13.1. The largest absolute Gasteiger partial charge is 0.508 e. The molecule has 7 heteroatoms. The highest BCUT2D eigenvalue weighted by Gasteiger charge is 2.35. The number of likely N-dealkylation sites (tertiary alicyclic amines) is 2. The van der Waals surface area contributed by atoms with Crippen LogP contribution < -0.4 is 0 Å². The van der Waals surface area contributed by atoms with E-state index in [1.54, 1.807) is 9.80 Å². The molecule has 0 bridgehead atoms. The van der Waals surface area contributed by atoms with Crippen LogP contribution in [0, 0.1) is 13.8 Å². The van der Waals surface area contributed by atoms with Gasteiger partial charge in [-0.2, -0.15) is 0 Å². The van der Waals surface area contributed by atoms with Gasteiger partial charge in [0.15, 0.2) is 0 Å². The number of ether oxygens (including phenoxy) is 2. The van der Waals surface area contributed by atoms with Crippen molar-refractivity contribution in [1.82, 2.24) is 9.80 Å². The van der Waals surface area contributed by atoms with Crippen molar-refractivity contribution in [1.29, 1.82) is 0 Å². The van der Waals surface area contributed by atoms with Crippen molar-refractivity contribution in [2.45, 2.75) is 51.2 Å². The highest BCUT2D eigenvalue weighted by atomic mass is 16.7. The summed E-state index contributed by atoms with van der Waals surface area (Å²) in [6, 6.07) is 6.28. The Bertz CT molecular complexity index is 715. The highest BCUT2D eigenvalue weighted by Crippen LogP contribution is 2.31. The minimum atomic E-state index is -0.723. The quantitative estimate of drug-likeness (QED) is 0.786. The number of aryl methyl sites for hydroxylation is 2. The minimum Gasteiger partial charge on any atom is -0.438 e. The Morgan fingerprint density at radius 2 is 1.79 bits per heavy atom. The van der Waals surface area contributed by atoms with Crippen molar-refractivity contribution >= 4 is 12.2 Å². The lowest BCUT2D eigenvalue weighted by atomic mass is 9.87. The molecular weight excluding hydrogens is 360 g/mol. The number of amides is 2. The molecule has 0 radical (unpaired) electrons. The third-order valence-corrected chi connectivity index (χ3v) is 5.85. The first kappa shape index (κ1) is 20.5. The predicted molar refractivity (Wildman–Crippen MR) is 104 cm³/mol. The van der Waals surface area contributed by atoms with Gasteiger partial charge < -0.3 is 24.4 Å². The molecule has 2 aliphatic rings. The molecule has 3 rings (SSSR count). The first-order chi connectivity index (χ1) is 13.4. The van der Waals surface area contributed by atoms with Gasteiger partial charge in [0, 0.05) is 25.6 Å². The molecule has 2 saturated heterocycles. The number of aliphatic hydroxyl groups excluding tert-OH is 1. The van der Waals surface area contributed by atoms with Crippen molar-refractivity contribution in [3.05, 3.63) is 34.9 Å². The van der Waals surface area contributed by atoms with Gasteiger partial charge in [-0.25, -0.2) is 9.59 Å². The second-order valence-corrected chi connectivity index (χ2v) is 7.88. The summed E-state index contributed by atoms with van der Waals surface area (Å²) in [6.45, 7) is 6.19. The summed E-state index contributed by atoms with van der Waals surface area (Å²) in [5, 5.41) is 9.70. The number of carbonyl (C=O) groups excluding carboxylic acids is 2. The van der Waals surface area contributed by atoms with E-state index in [0.717, 1.165) is 5.56 Å². The van der Waals surface area contributed by atoms with Gasteiger partial charge in [0.25, 0.3) is 0 Å². The van der Waals surface area contributed by atoms with E-state index in [0.29, 0.717) is 45.4 Å². The van der Waals surface area contributed by atoms with Crippen molar-refractivity contribution in [2.24, 2.45) is 0 Å². The van der Waals surface area contributed by atoms with Crippen LogP contribution in [0.25, 0.3) is 0 Å². The van der Waals surface area contributed by atoms with Gasteiger partial charge in [-0.1, -0.05) is 18.2 Å². The summed E-state index contributed by atoms with van der Waals surface area (Å²) in [5.41, 5.74) is 3.58. The van der Waals surface area contributed by atoms with Gasteiger partial charge in [0.1, 0.15) is 6.10 Å². The standard InChI is InChI=1S/C21H30N2O5/c1-14-4-5-16(10-15(14)2)17-11-19(28-21(26)27-3)13-23(12-17)20(25)22-8-6-18(24)7-9-22/h4-5,10,17-19,24H,6-9,11-13H2,1-3H3. The Morgan fingerprint density at radius 3 is 2.43 bits per heavy atom. The second kappa shape index (κ2) is 8.82. The molecule has 2 aliphatic heterocycles. The fourth-order valence-corrected chi connectivity index (χ4v) is 4.00. The number of benzene rings is 1. The molecule has 0 saturated carbocycles. The summed E-state index contributed by atoms with van der Waals surface area (Å²) in [7, 11) is 1.29. The van der Waals surface area contributed by atoms with Gasteiger partial charge >= 0.3 is 12.2 Å². The highest BCUT2D eigenvalue weighted by molar-refractivity contribution is 5.75. The van der Waals surface area contributed by atoms with Crippen LogP contribution in [0.15, 0.2) is 18.2 Å². The zero-order valence-electron chi connectivity index (χ0n) is 16.9. The van der Waals surface area contributed by atoms with Crippen LogP contribution in [-0.4, -0.2) is 72.6 Å². The third kappa shape index (κ3) is 4.76. The van der Waals surface area contributed by atoms with Crippen LogP contribution in [-0.2, 0) is 9.47 Å². The fraction of sp³-hybridized carbons (Fsp3) is 0.619. The molecule has 1 N–H and O–H groups in total. The van der Waals surface area contributed by atoms with Gasteiger partial charge in [-0.05, 0) is 49.8 Å². The van der Waals surface area contributed by atoms with E-state index in [1.807, 2.05) is 0 Å². The van der Waals surface area contributed by atoms with Crippen molar-refractivity contribution in [3.8, 4) is 0 Å². The summed E-state index contributed by atoms with van der Waals surface area (Å²) < 4.78 is 10.1. The molecule has 1 aromatic carbocycles. The predicted octanol–water partition coefficient (Wildman–Crippen LogP) is 2.82. The third-order valence-electron chi connectivity index (χ3n) is 5.85. The van der Waals surface area contributed by atoms with Crippen molar-refractivity contribution in [3.63, 3.8) is 0 Å². The topological polar surface area (TPSA) is 79.3 Å². The van der Waals surface area contributed by atoms with Crippen molar-refractivity contribution < 1.29 is 24.2 Å². The zero-order valence-corrected chi connectivity index (χ0v) is 16.9. The number of methoxy groups -OCH3 is 1. The van der Waals surface area contributed by atoms with E-state index >= 15 is 0 Å². The Morgan fingerprint density at radius 1 is 1.07 bits per heavy atom. The van der Waals surface area contributed by atoms with E-state index in [4.69, 9.17) is 4.74 Å². The molecule has 2 amide bonds. The Kier molecular flexibility index (Phi) is 6.44. The molecule has 7 nitrogen and oxygen atoms in total. The van der Waals surface area contributed by atoms with Crippen LogP contribution in [0.3, 0.4) is 0 Å². The number of piperidine rings is 2. The first-order valence-electron chi connectivity index (χ1n) is 9.91. The average Bonchev–Trinajstić information content (AvgIpc) is 2.69. The molecule has 28 heavy (non-hydrogen) atoms. The molecule has 2 heterocycles. The number of aliphatic hydroxyl groups is 1. The number of urea groups is 1. The van der Waals surface area contributed by atoms with E-state index < -0.39 is 12.3 Å². The minimum absolute atomic E-state index is 0.0566. The van der Waals surface area contributed by atoms with E-state index in [1.165, 1.54) is 18.2 Å². The normalized spacial score (nSPS) is 23.4. The van der Waals surface area contributed by atoms with Crippen LogP contribution in [0.2, 0.25) is 0 Å². The van der Waals surface area contributed by atoms with Gasteiger partial charge in [0.2, 0.25) is 0 Å². The summed E-state index contributed by atoms with van der Waals surface area (Å²) in [4.78, 5) is 28.3. The number of hydrogen-bond acceptors (Lipinski definition) is 5. The van der Waals surface area contributed by atoms with Crippen molar-refractivity contribution in [2.75, 3.05) is 33.3 Å². The summed E-state index contributed by atoms with van der Waals surface area (Å²) >= 11 is 0. The number of carbonyl (C=O) groups is 2. The first-order valence-corrected chi connectivity index (χ1v) is 9.91. The summed E-state index contributed by atoms with van der Waals surface area (Å²) in [5.74, 6) is 0.0852. The smallest absolute Gasteiger partial charge is 0.438 e. The zero-order chi connectivity index (χ0) is 20.3. The summed E-state index contributed by atoms with van der Waals surface area (Å²) in [6.07, 6.45) is 0.389. The second-order valence-electron chi connectivity index (χ2n) is 7.88. The molecule has 2 fully saturated rings. The van der Waals surface area contributed by atoms with Crippen LogP contribution in [0.5, 0.6) is 0 Å². The maximum absolute atomic E-state index is 13.1. The molecule has 2 unspecified atom stereocenters. The molecule has 0 spiro atoms. The molecular formula is C21H30N2O5. The Balaban J connectivity index is 1.77. The Labute approximate surface area is 166 Å². The van der Waals surface area contributed by atoms with Gasteiger partial charge in [-0.15, -0.1) is 0 Å². The monoisotopic (exact) mass is 390 g/mol. The van der Waals surface area contributed by atoms with Crippen LogP contribution in [0.1, 0.15) is 41.9 Å². The van der Waals surface area contributed by atoms with E-state index in [2.05, 4.69) is 36.8 Å². The Hall–Kier alpha value is -2.28. The van der Waals surface area contributed by atoms with E-state index in [-0.39, 0.29) is 18.1 Å². The lowest BCUT2D eigenvalue weighted by Crippen LogP contribution is -2.53. The fourth-order valence-electron chi connectivity index (χ4n) is 4.00. The van der Waals surface area contributed by atoms with Gasteiger partial charge in [-0.3, -0.25) is 0 Å². The number of rotatable bonds is 2. The molecule has 2 atom stereocenters. The van der Waals surface area contributed by atoms with Crippen LogP contribution in [0.4, 0.5) is 9.59 Å².